The van der Waals surface area contributed by atoms with E-state index in [4.69, 9.17) is 0 Å². The van der Waals surface area contributed by atoms with E-state index in [2.05, 4.69) is 45.6 Å². The quantitative estimate of drug-likeness (QED) is 0.445. The minimum Gasteiger partial charge on any atom is -0.396 e. The lowest BCUT2D eigenvalue weighted by Crippen LogP contribution is -2.36. The van der Waals surface area contributed by atoms with Crippen LogP contribution in [0, 0.1) is 46.3 Å². The number of aliphatic hydroxyl groups excluding tert-OH is 1. The van der Waals surface area contributed by atoms with Crippen molar-refractivity contribution in [1.82, 2.24) is 0 Å². The molecular formula is C29H46O2. The Hall–Kier alpha value is -0.860. The second-order valence-electron chi connectivity index (χ2n) is 12.4. The van der Waals surface area contributed by atoms with Crippen LogP contribution in [0.3, 0.4) is 0 Å². The van der Waals surface area contributed by atoms with Gasteiger partial charge < -0.3 is 10.2 Å². The summed E-state index contributed by atoms with van der Waals surface area (Å²) in [6, 6.07) is 0. The molecule has 31 heavy (non-hydrogen) atoms. The molecule has 4 aliphatic carbocycles. The van der Waals surface area contributed by atoms with Crippen LogP contribution in [0.4, 0.5) is 0 Å². The highest BCUT2D eigenvalue weighted by Crippen LogP contribution is 2.70. The molecule has 0 aliphatic heterocycles. The van der Waals surface area contributed by atoms with Gasteiger partial charge in [0.05, 0.1) is 12.2 Å². The Labute approximate surface area is 190 Å². The Morgan fingerprint density at radius 3 is 2.48 bits per heavy atom. The molecule has 0 spiro atoms. The smallest absolute Gasteiger partial charge is 0.0651 e. The van der Waals surface area contributed by atoms with E-state index >= 15 is 0 Å². The molecule has 4 rings (SSSR count). The van der Waals surface area contributed by atoms with Crippen molar-refractivity contribution in [2.75, 3.05) is 6.61 Å². The van der Waals surface area contributed by atoms with E-state index in [1.165, 1.54) is 56.9 Å². The molecule has 2 heteroatoms. The van der Waals surface area contributed by atoms with Crippen molar-refractivity contribution in [1.29, 1.82) is 0 Å². The highest BCUT2D eigenvalue weighted by molar-refractivity contribution is 5.34. The van der Waals surface area contributed by atoms with Crippen LogP contribution < -0.4 is 0 Å². The highest BCUT2D eigenvalue weighted by Gasteiger charge is 2.62. The van der Waals surface area contributed by atoms with Crippen LogP contribution in [0.1, 0.15) is 86.0 Å². The van der Waals surface area contributed by atoms with Gasteiger partial charge in [0.15, 0.2) is 0 Å². The number of hydrogen-bond donors (Lipinski definition) is 2. The third-order valence-corrected chi connectivity index (χ3v) is 10.4. The maximum absolute atomic E-state index is 10.3. The average molecular weight is 427 g/mol. The van der Waals surface area contributed by atoms with Crippen LogP contribution in [-0.4, -0.2) is 22.4 Å². The normalized spacial score (nSPS) is 42.0. The second-order valence-corrected chi connectivity index (χ2v) is 12.4. The van der Waals surface area contributed by atoms with E-state index in [1.54, 1.807) is 5.57 Å². The van der Waals surface area contributed by atoms with Crippen LogP contribution in [0.5, 0.6) is 0 Å². The Morgan fingerprint density at radius 2 is 1.90 bits per heavy atom. The van der Waals surface area contributed by atoms with E-state index in [-0.39, 0.29) is 23.9 Å². The van der Waals surface area contributed by atoms with Gasteiger partial charge in [0, 0.05) is 17.3 Å². The number of hydrogen-bond acceptors (Lipinski definition) is 2. The summed E-state index contributed by atoms with van der Waals surface area (Å²) in [5.74, 6) is 3.14. The first-order valence-corrected chi connectivity index (χ1v) is 12.9. The molecular weight excluding hydrogens is 380 g/mol. The summed E-state index contributed by atoms with van der Waals surface area (Å²) in [6.07, 6.45) is 17.3. The monoisotopic (exact) mass is 426 g/mol. The fourth-order valence-electron chi connectivity index (χ4n) is 7.92. The maximum Gasteiger partial charge on any atom is 0.0651 e. The van der Waals surface area contributed by atoms with Gasteiger partial charge in [-0.15, -0.1) is 0 Å². The number of rotatable bonds is 7. The van der Waals surface area contributed by atoms with Gasteiger partial charge in [-0.05, 0) is 94.3 Å². The van der Waals surface area contributed by atoms with Crippen molar-refractivity contribution in [3.63, 3.8) is 0 Å². The van der Waals surface area contributed by atoms with Gasteiger partial charge in [0.2, 0.25) is 0 Å². The first-order valence-electron chi connectivity index (χ1n) is 12.9. The second kappa shape index (κ2) is 8.17. The molecule has 4 fully saturated rings. The number of allylic oxidation sites excluding steroid dienone is 3. The summed E-state index contributed by atoms with van der Waals surface area (Å²) in [4.78, 5) is 0. The summed E-state index contributed by atoms with van der Waals surface area (Å²) >= 11 is 0. The molecule has 4 aliphatic rings. The van der Waals surface area contributed by atoms with E-state index in [0.29, 0.717) is 23.2 Å². The van der Waals surface area contributed by atoms with E-state index in [1.807, 2.05) is 13.8 Å². The lowest BCUT2D eigenvalue weighted by atomic mass is 9.60. The zero-order valence-corrected chi connectivity index (χ0v) is 20.7. The molecule has 0 aromatic carbocycles. The van der Waals surface area contributed by atoms with E-state index in [0.717, 1.165) is 5.92 Å². The lowest BCUT2D eigenvalue weighted by Gasteiger charge is -2.44. The zero-order valence-electron chi connectivity index (χ0n) is 20.7. The van der Waals surface area contributed by atoms with Crippen LogP contribution in [-0.2, 0) is 0 Å². The van der Waals surface area contributed by atoms with Gasteiger partial charge in [-0.25, -0.2) is 0 Å². The van der Waals surface area contributed by atoms with Crippen molar-refractivity contribution in [3.8, 4) is 0 Å². The molecule has 8 atom stereocenters. The fourth-order valence-corrected chi connectivity index (χ4v) is 7.92. The molecule has 0 saturated heterocycles. The predicted octanol–water partition coefficient (Wildman–Crippen LogP) is 6.69. The van der Waals surface area contributed by atoms with Crippen LogP contribution in [0.2, 0.25) is 0 Å². The molecule has 0 amide bonds. The largest absolute Gasteiger partial charge is 0.396 e. The highest BCUT2D eigenvalue weighted by atomic mass is 16.3. The minimum atomic E-state index is -0.664. The van der Waals surface area contributed by atoms with Crippen molar-refractivity contribution in [3.05, 3.63) is 36.0 Å². The molecule has 2 N–H and O–H groups in total. The molecule has 0 radical (unpaired) electrons. The first-order chi connectivity index (χ1) is 14.5. The summed E-state index contributed by atoms with van der Waals surface area (Å²) in [7, 11) is 0. The Bertz CT molecular complexity index is 755. The van der Waals surface area contributed by atoms with Crippen LogP contribution in [0.25, 0.3) is 0 Å². The summed E-state index contributed by atoms with van der Waals surface area (Å²) in [6.45, 7) is 15.5. The lowest BCUT2D eigenvalue weighted by molar-refractivity contribution is 0.0436. The van der Waals surface area contributed by atoms with Gasteiger partial charge in [0.1, 0.15) is 0 Å². The number of aliphatic hydroxyl groups is 2. The van der Waals surface area contributed by atoms with Crippen LogP contribution in [0.15, 0.2) is 36.0 Å². The summed E-state index contributed by atoms with van der Waals surface area (Å²) in [5, 5.41) is 20.6. The molecule has 0 heterocycles. The topological polar surface area (TPSA) is 40.5 Å². The molecule has 174 valence electrons. The summed E-state index contributed by atoms with van der Waals surface area (Å²) in [5.41, 5.74) is 2.99. The average Bonchev–Trinajstić information content (AvgIpc) is 3.21. The van der Waals surface area contributed by atoms with E-state index in [9.17, 15) is 10.2 Å². The van der Waals surface area contributed by atoms with Crippen LogP contribution >= 0.6 is 0 Å². The molecule has 0 aromatic heterocycles. The fraction of sp³-hybridized carbons (Fsp3) is 0.793. The third-order valence-electron chi connectivity index (χ3n) is 10.4. The van der Waals surface area contributed by atoms with Gasteiger partial charge in [-0.3, -0.25) is 0 Å². The Morgan fingerprint density at radius 1 is 1.16 bits per heavy atom. The molecule has 0 unspecified atom stereocenters. The predicted molar refractivity (Wildman–Crippen MR) is 130 cm³/mol. The standard InChI is InChI=1S/C29H46O2/c1-19(9-10-20(2)27(4,5)31)25-13-14-26-22(8-7-15-28(25,26)6)16-24(18-30)29-17-23(29)12-11-21(29)3/h9-10,16,19-20,23-26,30-31H,3,7-8,11-15,17-18H2,1-2,4-6H3/b10-9+,22-16+/t19-,20+,23-,24+,25-,26+,28-,29+/m1/s1. The van der Waals surface area contributed by atoms with Crippen molar-refractivity contribution in [2.24, 2.45) is 46.3 Å². The zero-order chi connectivity index (χ0) is 22.6. The Kier molecular flexibility index (Phi) is 6.14. The van der Waals surface area contributed by atoms with Gasteiger partial charge >= 0.3 is 0 Å². The molecule has 0 bridgehead atoms. The molecule has 2 nitrogen and oxygen atoms in total. The Balaban J connectivity index is 1.52. The minimum absolute atomic E-state index is 0.164. The van der Waals surface area contributed by atoms with Crippen molar-refractivity contribution >= 4 is 0 Å². The number of fused-ring (bicyclic) bond motifs is 2. The van der Waals surface area contributed by atoms with Crippen molar-refractivity contribution in [2.45, 2.75) is 91.6 Å². The molecule has 0 aromatic rings. The summed E-state index contributed by atoms with van der Waals surface area (Å²) < 4.78 is 0. The van der Waals surface area contributed by atoms with Gasteiger partial charge in [-0.1, -0.05) is 56.7 Å². The maximum atomic E-state index is 10.3. The third kappa shape index (κ3) is 3.90. The SMILES string of the molecule is C=C1CC[C@@H]2C[C@]12[C@@H](/C=C1\CCC[C@]2(C)[C@@H]([C@H](C)/C=C/[C@H](C)C(C)(C)O)CC[C@@H]12)CO. The van der Waals surface area contributed by atoms with Gasteiger partial charge in [-0.2, -0.15) is 0 Å². The first kappa shape index (κ1) is 23.3. The molecule has 4 saturated carbocycles. The van der Waals surface area contributed by atoms with E-state index < -0.39 is 5.60 Å². The van der Waals surface area contributed by atoms with Crippen molar-refractivity contribution < 1.29 is 10.2 Å². The van der Waals surface area contributed by atoms with Gasteiger partial charge in [0.25, 0.3) is 0 Å².